The molecule has 18 atom stereocenters. The van der Waals surface area contributed by atoms with E-state index in [0.717, 1.165) is 4.90 Å². The van der Waals surface area contributed by atoms with Crippen LogP contribution in [0, 0.1) is 40.4 Å². The first-order valence-corrected chi connectivity index (χ1v) is 47.2. The van der Waals surface area contributed by atoms with Crippen LogP contribution < -0.4 is 119 Å². The number of hydrogen-bond acceptors (Lipinski definition) is 27. The highest BCUT2D eigenvalue weighted by atomic mass is 16.4. The molecule has 0 aromatic heterocycles. The molecule has 1 saturated heterocycles. The van der Waals surface area contributed by atoms with Crippen molar-refractivity contribution in [2.75, 3.05) is 45.9 Å². The van der Waals surface area contributed by atoms with Gasteiger partial charge in [-0.2, -0.15) is 0 Å². The van der Waals surface area contributed by atoms with Crippen molar-refractivity contribution in [1.29, 1.82) is 10.8 Å². The number of benzene rings is 2. The van der Waals surface area contributed by atoms with Crippen molar-refractivity contribution in [1.82, 2.24) is 95.3 Å². The van der Waals surface area contributed by atoms with Crippen molar-refractivity contribution in [3.63, 3.8) is 0 Å². The van der Waals surface area contributed by atoms with E-state index < -0.39 is 284 Å². The summed E-state index contributed by atoms with van der Waals surface area (Å²) < 4.78 is 0. The Balaban J connectivity index is 1.90. The topological polar surface area (TPSA) is 831 Å². The first-order valence-electron chi connectivity index (χ1n) is 47.2. The summed E-state index contributed by atoms with van der Waals surface area (Å²) in [5, 5.41) is 119. The summed E-state index contributed by atoms with van der Waals surface area (Å²) >= 11 is 0. The standard InChI is InChI=1S/C91H149N25O25/c1-12-50(10)72(114-79(131)56(23-16-17-33-92)103-80(132)61(38-47(4)5)108-75(127)55(93)37-46(2)3)87(139)104-57(24-18-34-99-90(95)96)77(129)111-65(44-117)76(128)101-43-68(121)102-64(42-70(124)125)81(133)106-59(25-19-35-100-91(97)98)89(141)116-36-20-26-67(116)85(137)112-66(45-118)84(136)110-63(41-53-27-29-54(120)30-28-53)83(135)113-71(49(8)9)86(138)105-58(31-32-69(122)123)78(130)109-62(39-48(6)7)82(134)115-73(51(11)119)88(140)107-60(74(94)126)40-52-21-14-13-15-22-52/h13-15,21-22,27-30,46-51,55-67,71-73,117-120H,12,16-20,23-26,31-45,92-93H2,1-11H3,(H2,94,126)(H,101,128)(H,102,121)(H,103,132)(H,104,139)(H,105,138)(H,106,133)(H,107,140)(H,108,127)(H,109,130)(H,110,136)(H,111,129)(H,112,137)(H,113,135)(H,114,131)(H,115,134)(H,122,123)(H,124,125)(H4,95,96,99)(H4,97,98,100)/t50-,51+,55-,56-,57-,58-,59-,60-,61-,62-,63-,64-,65-,66-,67-,71-,72-,73-/m0/s1. The molecule has 0 radical (unpaired) electrons. The number of aliphatic carboxylic acids is 2. The van der Waals surface area contributed by atoms with E-state index >= 15 is 0 Å². The average molecular weight is 1990 g/mol. The molecule has 1 fully saturated rings. The largest absolute Gasteiger partial charge is 0.508 e. The summed E-state index contributed by atoms with van der Waals surface area (Å²) in [6.07, 6.45) is -3.78. The number of likely N-dealkylation sites (tertiary alicyclic amines) is 1. The van der Waals surface area contributed by atoms with Crippen LogP contribution in [0.1, 0.15) is 190 Å². The van der Waals surface area contributed by atoms with Crippen molar-refractivity contribution in [2.24, 2.45) is 58.3 Å². The van der Waals surface area contributed by atoms with E-state index in [4.69, 9.17) is 39.5 Å². The summed E-state index contributed by atoms with van der Waals surface area (Å²) in [6.45, 7) is 14.7. The maximum Gasteiger partial charge on any atom is 0.305 e. The molecule has 0 unspecified atom stereocenters. The number of nitrogens with zero attached hydrogens (tertiary/aromatic N) is 1. The van der Waals surface area contributed by atoms with Gasteiger partial charge in [0, 0.05) is 38.9 Å². The number of guanidine groups is 2. The van der Waals surface area contributed by atoms with E-state index in [2.05, 4.69) is 90.4 Å². The summed E-state index contributed by atoms with van der Waals surface area (Å²) in [5.74, 6) is -23.7. The van der Waals surface area contributed by atoms with Crippen LogP contribution in [0.4, 0.5) is 0 Å². The van der Waals surface area contributed by atoms with Gasteiger partial charge in [-0.1, -0.05) is 118 Å². The summed E-state index contributed by atoms with van der Waals surface area (Å²) in [7, 11) is 0. The number of carbonyl (C=O) groups is 19. The molecule has 0 saturated carbocycles. The fourth-order valence-electron chi connectivity index (χ4n) is 15.0. The molecule has 141 heavy (non-hydrogen) atoms. The number of unbranched alkanes of at least 4 members (excludes halogenated alkanes) is 1. The van der Waals surface area contributed by atoms with E-state index in [9.17, 15) is 122 Å². The number of carboxylic acid groups (broad SMARTS) is 2. The van der Waals surface area contributed by atoms with Gasteiger partial charge in [-0.3, -0.25) is 102 Å². The quantitative estimate of drug-likeness (QED) is 0.0166. The smallest absolute Gasteiger partial charge is 0.305 e. The molecule has 50 nitrogen and oxygen atoms in total. The minimum atomic E-state index is -2.05. The monoisotopic (exact) mass is 1990 g/mol. The Morgan fingerprint density at radius 1 is 0.433 bits per heavy atom. The highest BCUT2D eigenvalue weighted by molar-refractivity contribution is 6.02. The van der Waals surface area contributed by atoms with E-state index in [1.54, 1.807) is 58.0 Å². The Morgan fingerprint density at radius 2 is 0.851 bits per heavy atom. The molecule has 0 aliphatic carbocycles. The Kier molecular flexibility index (Phi) is 54.0. The Labute approximate surface area is 818 Å². The molecule has 788 valence electrons. The molecule has 17 amide bonds. The zero-order chi connectivity index (χ0) is 106. The third kappa shape index (κ3) is 44.7. The van der Waals surface area contributed by atoms with Gasteiger partial charge in [0.2, 0.25) is 100 Å². The lowest BCUT2D eigenvalue weighted by Crippen LogP contribution is -2.62. The highest BCUT2D eigenvalue weighted by Gasteiger charge is 2.43. The van der Waals surface area contributed by atoms with Crippen molar-refractivity contribution in [2.45, 2.75) is 295 Å². The van der Waals surface area contributed by atoms with Gasteiger partial charge in [-0.25, -0.2) is 0 Å². The number of amides is 17. The normalized spacial score (nSPS) is 15.9. The number of hydrogen-bond donors (Lipinski definition) is 30. The summed E-state index contributed by atoms with van der Waals surface area (Å²) in [4.78, 5) is 265. The third-order valence-corrected chi connectivity index (χ3v) is 22.8. The van der Waals surface area contributed by atoms with Crippen LogP contribution in [0.3, 0.4) is 0 Å². The number of phenols is 1. The van der Waals surface area contributed by atoms with Gasteiger partial charge in [-0.15, -0.1) is 0 Å². The minimum absolute atomic E-state index is 0.0216. The van der Waals surface area contributed by atoms with Gasteiger partial charge in [0.25, 0.3) is 0 Å². The summed E-state index contributed by atoms with van der Waals surface area (Å²) in [5.41, 5.74) is 29.5. The van der Waals surface area contributed by atoms with Gasteiger partial charge in [0.15, 0.2) is 11.9 Å². The van der Waals surface area contributed by atoms with Gasteiger partial charge in [0.05, 0.1) is 38.3 Å². The molecule has 2 aromatic rings. The van der Waals surface area contributed by atoms with Crippen molar-refractivity contribution >= 4 is 124 Å². The molecule has 50 heteroatoms. The molecule has 1 heterocycles. The maximum absolute atomic E-state index is 14.9. The van der Waals surface area contributed by atoms with Crippen LogP contribution in [-0.4, -0.2) is 309 Å². The molecular formula is C91H149N25O25. The number of phenolic OH excluding ortho intramolecular Hbond substituents is 1. The Morgan fingerprint density at radius 3 is 1.36 bits per heavy atom. The molecular weight excluding hydrogens is 1840 g/mol. The van der Waals surface area contributed by atoms with Crippen molar-refractivity contribution in [3.05, 3.63) is 65.7 Å². The number of nitrogens with two attached hydrogens (primary N) is 5. The molecule has 0 spiro atoms. The van der Waals surface area contributed by atoms with Gasteiger partial charge in [0.1, 0.15) is 96.4 Å². The predicted molar refractivity (Wildman–Crippen MR) is 513 cm³/mol. The molecule has 0 bridgehead atoms. The fourth-order valence-corrected chi connectivity index (χ4v) is 15.0. The van der Waals surface area contributed by atoms with E-state index in [0.29, 0.717) is 24.8 Å². The lowest BCUT2D eigenvalue weighted by atomic mass is 9.96. The molecule has 1 aliphatic rings. The Bertz CT molecular complexity index is 4530. The van der Waals surface area contributed by atoms with Crippen LogP contribution in [0.5, 0.6) is 5.75 Å². The predicted octanol–water partition coefficient (Wildman–Crippen LogP) is -6.91. The minimum Gasteiger partial charge on any atom is -0.508 e. The number of primary amides is 1. The summed E-state index contributed by atoms with van der Waals surface area (Å²) in [6, 6.07) is -11.3. The van der Waals surface area contributed by atoms with Crippen LogP contribution >= 0.6 is 0 Å². The van der Waals surface area contributed by atoms with Gasteiger partial charge >= 0.3 is 11.9 Å². The second kappa shape index (κ2) is 62.5. The number of rotatable bonds is 65. The first-order chi connectivity index (χ1) is 66.3. The zero-order valence-corrected chi connectivity index (χ0v) is 81.8. The van der Waals surface area contributed by atoms with Gasteiger partial charge in [-0.05, 0) is 150 Å². The zero-order valence-electron chi connectivity index (χ0n) is 81.8. The Hall–Kier alpha value is -13.5. The van der Waals surface area contributed by atoms with E-state index in [1.807, 2.05) is 27.7 Å². The number of aliphatic hydroxyl groups excluding tert-OH is 3. The van der Waals surface area contributed by atoms with Crippen LogP contribution in [-0.2, 0) is 104 Å². The highest BCUT2D eigenvalue weighted by Crippen LogP contribution is 2.23. The third-order valence-electron chi connectivity index (χ3n) is 22.8. The van der Waals surface area contributed by atoms with Crippen LogP contribution in [0.2, 0.25) is 0 Å². The second-order valence-electron chi connectivity index (χ2n) is 36.6. The molecule has 1 aliphatic heterocycles. The number of nitrogens with one attached hydrogen (secondary N) is 19. The fraction of sp³-hybridized carbons (Fsp3) is 0.637. The SMILES string of the molecule is CC[C@H](C)[C@H](NC(=O)[C@H](CCCCN)NC(=O)[C@H](CC(C)C)NC(=O)[C@@H](N)CC(C)C)C(=O)N[C@@H](CCCNC(=N)N)C(=O)N[C@@H](CO)C(=O)NCC(=O)N[C@@H](CC(=O)O)C(=O)N[C@@H](CCCNC(=N)N)C(=O)N1CCC[C@H]1C(=O)N[C@@H](CO)C(=O)N[C@@H](Cc1ccc(O)cc1)C(=O)N[C@H](C(=O)N[C@@H](CCC(=O)O)C(=O)N[C@@H](CC(C)C)C(=O)N[C@H](C(=O)N[C@@H](Cc1ccccc1)C(N)=O)[C@@H](C)O)C(C)C. The number of carboxylic acids is 2. The number of carbonyl (C=O) groups excluding carboxylic acids is 17. The second-order valence-corrected chi connectivity index (χ2v) is 36.6. The van der Waals surface area contributed by atoms with Crippen LogP contribution in [0.25, 0.3) is 0 Å². The van der Waals surface area contributed by atoms with Gasteiger partial charge < -0.3 is 155 Å². The first kappa shape index (κ1) is 122. The molecule has 2 aromatic carbocycles. The van der Waals surface area contributed by atoms with Crippen molar-refractivity contribution < 1.29 is 122 Å². The number of aromatic hydroxyl groups is 1. The molecule has 35 N–H and O–H groups in total. The van der Waals surface area contributed by atoms with Crippen molar-refractivity contribution in [3.8, 4) is 5.75 Å². The lowest BCUT2D eigenvalue weighted by Gasteiger charge is -2.31. The van der Waals surface area contributed by atoms with E-state index in [1.165, 1.54) is 45.0 Å². The maximum atomic E-state index is 14.9. The van der Waals surface area contributed by atoms with E-state index in [-0.39, 0.29) is 126 Å². The molecule has 3 rings (SSSR count). The van der Waals surface area contributed by atoms with Crippen LogP contribution in [0.15, 0.2) is 54.6 Å². The average Bonchev–Trinajstić information content (AvgIpc) is 1.69. The lowest BCUT2D eigenvalue weighted by molar-refractivity contribution is -0.144. The number of aliphatic hydroxyl groups is 3.